The average Bonchev–Trinajstić information content (AvgIpc) is 2.32. The molecule has 0 nitrogen and oxygen atoms in total. The summed E-state index contributed by atoms with van der Waals surface area (Å²) in [5.74, 6) is 0. The van der Waals surface area contributed by atoms with E-state index < -0.39 is 0 Å². The van der Waals surface area contributed by atoms with Gasteiger partial charge in [0, 0.05) is 0 Å². The van der Waals surface area contributed by atoms with E-state index in [4.69, 9.17) is 0 Å². The van der Waals surface area contributed by atoms with Crippen LogP contribution in [0.15, 0.2) is 24.3 Å². The molecule has 0 heterocycles. The van der Waals surface area contributed by atoms with Crippen LogP contribution < -0.4 is 0 Å². The minimum Gasteiger partial charge on any atom is -0.0776 e. The smallest absolute Gasteiger partial charge is 0.0279 e. The van der Waals surface area contributed by atoms with Crippen LogP contribution in [0.25, 0.3) is 0 Å². The molecule has 0 fully saturated rings. The summed E-state index contributed by atoms with van der Waals surface area (Å²) in [6.07, 6.45) is 8.14. The predicted octanol–water partition coefficient (Wildman–Crippen LogP) is 7.44. The van der Waals surface area contributed by atoms with Crippen molar-refractivity contribution in [2.24, 2.45) is 0 Å². The molecule has 1 aromatic carbocycles. The van der Waals surface area contributed by atoms with Crippen molar-refractivity contribution in [1.82, 2.24) is 0 Å². The van der Waals surface area contributed by atoms with Crippen molar-refractivity contribution in [3.05, 3.63) is 35.4 Å². The Morgan fingerprint density at radius 3 is 1.95 bits per heavy atom. The summed E-state index contributed by atoms with van der Waals surface area (Å²) in [6, 6.07) is 8.88. The number of hydrogen-bond donors (Lipinski definition) is 0. The van der Waals surface area contributed by atoms with Crippen molar-refractivity contribution in [2.45, 2.75) is 88.5 Å². The van der Waals surface area contributed by atoms with Gasteiger partial charge in [0.1, 0.15) is 0 Å². The van der Waals surface area contributed by atoms with E-state index in [1.165, 1.54) is 49.7 Å². The maximum absolute atomic E-state index is 2.31. The predicted molar refractivity (Wildman–Crippen MR) is 95.2 cm³/mol. The lowest BCUT2D eigenvalue weighted by Gasteiger charge is -2.02. The second kappa shape index (κ2) is 19.6. The topological polar surface area (TPSA) is 0 Å². The van der Waals surface area contributed by atoms with Gasteiger partial charge in [0.15, 0.2) is 0 Å². The molecule has 0 amide bonds. The Morgan fingerprint density at radius 2 is 1.42 bits per heavy atom. The molecule has 1 aromatic rings. The number of rotatable bonds is 6. The lowest BCUT2D eigenvalue weighted by molar-refractivity contribution is 0.632. The Morgan fingerprint density at radius 1 is 0.842 bits per heavy atom. The van der Waals surface area contributed by atoms with Crippen LogP contribution in [0.4, 0.5) is 0 Å². The molecule has 0 atom stereocenters. The Labute approximate surface area is 124 Å². The minimum atomic E-state index is 0. The van der Waals surface area contributed by atoms with Crippen molar-refractivity contribution in [3.63, 3.8) is 0 Å². The summed E-state index contributed by atoms with van der Waals surface area (Å²) in [5, 5.41) is 0. The van der Waals surface area contributed by atoms with E-state index >= 15 is 0 Å². The van der Waals surface area contributed by atoms with Crippen LogP contribution >= 0.6 is 0 Å². The molecule has 0 aliphatic carbocycles. The van der Waals surface area contributed by atoms with Gasteiger partial charge in [-0.1, -0.05) is 98.6 Å². The van der Waals surface area contributed by atoms with E-state index in [2.05, 4.69) is 38.1 Å². The number of aryl methyl sites for hydroxylation is 2. The SMILES string of the molecule is C.C.C.CC.CCCCCCCc1cccc(C)c1. The second-order valence-corrected chi connectivity index (χ2v) is 4.15. The van der Waals surface area contributed by atoms with E-state index in [-0.39, 0.29) is 22.3 Å². The first-order valence-corrected chi connectivity index (χ1v) is 6.88. The third kappa shape index (κ3) is 15.2. The van der Waals surface area contributed by atoms with Crippen LogP contribution in [0.5, 0.6) is 0 Å². The third-order valence-electron chi connectivity index (χ3n) is 2.65. The zero-order valence-electron chi connectivity index (χ0n) is 11.6. The van der Waals surface area contributed by atoms with Gasteiger partial charge >= 0.3 is 0 Å². The zero-order chi connectivity index (χ0) is 12.2. The molecule has 0 aliphatic rings. The van der Waals surface area contributed by atoms with Crippen molar-refractivity contribution >= 4 is 0 Å². The summed E-state index contributed by atoms with van der Waals surface area (Å²) in [4.78, 5) is 0. The van der Waals surface area contributed by atoms with Gasteiger partial charge in [-0.2, -0.15) is 0 Å². The van der Waals surface area contributed by atoms with Gasteiger partial charge in [-0.05, 0) is 25.3 Å². The summed E-state index contributed by atoms with van der Waals surface area (Å²) in [5.41, 5.74) is 2.89. The van der Waals surface area contributed by atoms with E-state index in [9.17, 15) is 0 Å². The summed E-state index contributed by atoms with van der Waals surface area (Å²) < 4.78 is 0. The van der Waals surface area contributed by atoms with E-state index in [1.54, 1.807) is 0 Å². The number of unbranched alkanes of at least 4 members (excludes halogenated alkanes) is 4. The van der Waals surface area contributed by atoms with Crippen LogP contribution in [0.3, 0.4) is 0 Å². The molecular weight excluding hydrogens is 228 g/mol. The number of hydrogen-bond acceptors (Lipinski definition) is 0. The molecular formula is C19H40. The fraction of sp³-hybridized carbons (Fsp3) is 0.684. The van der Waals surface area contributed by atoms with Gasteiger partial charge in [0.2, 0.25) is 0 Å². The highest BCUT2D eigenvalue weighted by atomic mass is 14.0. The molecule has 0 bridgehead atoms. The van der Waals surface area contributed by atoms with Crippen LogP contribution in [0, 0.1) is 6.92 Å². The summed E-state index contributed by atoms with van der Waals surface area (Å²) >= 11 is 0. The highest BCUT2D eigenvalue weighted by Crippen LogP contribution is 2.10. The lowest BCUT2D eigenvalue weighted by Crippen LogP contribution is -1.86. The van der Waals surface area contributed by atoms with E-state index in [1.807, 2.05) is 13.8 Å². The van der Waals surface area contributed by atoms with Gasteiger partial charge in [-0.3, -0.25) is 0 Å². The van der Waals surface area contributed by atoms with Crippen LogP contribution in [0.2, 0.25) is 0 Å². The van der Waals surface area contributed by atoms with Crippen LogP contribution in [0.1, 0.15) is 86.3 Å². The lowest BCUT2D eigenvalue weighted by atomic mass is 10.0. The standard InChI is InChI=1S/C14H22.C2H6.3CH4/c1-3-4-5-6-7-10-14-11-8-9-13(2)12-14;1-2;;;/h8-9,11-12H,3-7,10H2,1-2H3;1-2H3;3*1H4. The van der Waals surface area contributed by atoms with Crippen molar-refractivity contribution in [3.8, 4) is 0 Å². The molecule has 0 aliphatic heterocycles. The first kappa shape index (κ1) is 26.7. The minimum absolute atomic E-state index is 0. The number of benzene rings is 1. The molecule has 116 valence electrons. The van der Waals surface area contributed by atoms with Gasteiger partial charge < -0.3 is 0 Å². The second-order valence-electron chi connectivity index (χ2n) is 4.15. The molecule has 0 N–H and O–H groups in total. The molecule has 0 aromatic heterocycles. The molecule has 0 radical (unpaired) electrons. The highest BCUT2D eigenvalue weighted by molar-refractivity contribution is 5.22. The normalized spacial score (nSPS) is 8.00. The molecule has 0 saturated heterocycles. The monoisotopic (exact) mass is 268 g/mol. The Balaban J connectivity index is -0.000000214. The van der Waals surface area contributed by atoms with Crippen molar-refractivity contribution in [2.75, 3.05) is 0 Å². The van der Waals surface area contributed by atoms with Crippen LogP contribution in [-0.2, 0) is 6.42 Å². The summed E-state index contributed by atoms with van der Waals surface area (Å²) in [6.45, 7) is 8.43. The van der Waals surface area contributed by atoms with Gasteiger partial charge in [0.25, 0.3) is 0 Å². The molecule has 0 unspecified atom stereocenters. The van der Waals surface area contributed by atoms with Gasteiger partial charge in [-0.15, -0.1) is 0 Å². The van der Waals surface area contributed by atoms with Gasteiger partial charge in [0.05, 0.1) is 0 Å². The maximum Gasteiger partial charge on any atom is -0.0279 e. The molecule has 0 saturated carbocycles. The quantitative estimate of drug-likeness (QED) is 0.470. The molecule has 19 heavy (non-hydrogen) atoms. The van der Waals surface area contributed by atoms with Crippen molar-refractivity contribution < 1.29 is 0 Å². The molecule has 1 rings (SSSR count). The first-order valence-electron chi connectivity index (χ1n) is 6.88. The Hall–Kier alpha value is -0.780. The molecule has 0 spiro atoms. The van der Waals surface area contributed by atoms with Crippen molar-refractivity contribution in [1.29, 1.82) is 0 Å². The Bertz CT molecular complexity index is 250. The zero-order valence-corrected chi connectivity index (χ0v) is 11.6. The highest BCUT2D eigenvalue weighted by Gasteiger charge is 1.93. The van der Waals surface area contributed by atoms with Crippen LogP contribution in [-0.4, -0.2) is 0 Å². The third-order valence-corrected chi connectivity index (χ3v) is 2.65. The van der Waals surface area contributed by atoms with E-state index in [0.29, 0.717) is 0 Å². The van der Waals surface area contributed by atoms with Gasteiger partial charge in [-0.25, -0.2) is 0 Å². The summed E-state index contributed by atoms with van der Waals surface area (Å²) in [7, 11) is 0. The maximum atomic E-state index is 2.31. The fourth-order valence-electron chi connectivity index (χ4n) is 1.80. The Kier molecular flexibility index (Phi) is 27.5. The first-order chi connectivity index (χ1) is 7.83. The largest absolute Gasteiger partial charge is 0.0776 e. The van der Waals surface area contributed by atoms with E-state index in [0.717, 1.165) is 0 Å². The fourth-order valence-corrected chi connectivity index (χ4v) is 1.80. The average molecular weight is 269 g/mol. The molecule has 0 heteroatoms.